The molecule has 1 fully saturated rings. The van der Waals surface area contributed by atoms with Crippen LogP contribution in [0.3, 0.4) is 0 Å². The lowest BCUT2D eigenvalue weighted by Gasteiger charge is -2.35. The van der Waals surface area contributed by atoms with Crippen molar-refractivity contribution in [3.63, 3.8) is 0 Å². The van der Waals surface area contributed by atoms with Gasteiger partial charge in [-0.2, -0.15) is 13.2 Å². The van der Waals surface area contributed by atoms with Crippen LogP contribution in [0.25, 0.3) is 11.0 Å². The Kier molecular flexibility index (Phi) is 7.78. The summed E-state index contributed by atoms with van der Waals surface area (Å²) in [4.78, 5) is 22.5. The second-order valence-electron chi connectivity index (χ2n) is 10.7. The van der Waals surface area contributed by atoms with Crippen LogP contribution in [-0.2, 0) is 37.0 Å². The van der Waals surface area contributed by atoms with Crippen LogP contribution in [0.5, 0.6) is 5.88 Å². The number of imidazole rings is 1. The van der Waals surface area contributed by atoms with Gasteiger partial charge in [-0.25, -0.2) is 19.2 Å². The van der Waals surface area contributed by atoms with E-state index in [0.29, 0.717) is 59.3 Å². The normalized spacial score (nSPS) is 18.8. The Bertz CT molecular complexity index is 1690. The van der Waals surface area contributed by atoms with E-state index in [1.807, 2.05) is 11.8 Å². The standard InChI is InChI=1S/C30H27ClF4N4O4/c1-16-26-18(10-22(30(33,34)35)28(37-26)43-15-17-2-4-20(31)5-3-17)6-8-38(16)14-25-36-27-23(32)11-19(29(40)41)12-24(27)39(25)13-21-7-9-42-21/h2-5,10-12,16,21H,6-9,13-15H2,1H3,(H,40,41)/t16-,21-/m0/s1. The van der Waals surface area contributed by atoms with Crippen molar-refractivity contribution in [2.24, 2.45) is 0 Å². The van der Waals surface area contributed by atoms with Crippen molar-refractivity contribution in [2.75, 3.05) is 13.2 Å². The largest absolute Gasteiger partial charge is 0.478 e. The van der Waals surface area contributed by atoms with Crippen LogP contribution < -0.4 is 4.74 Å². The number of alkyl halides is 3. The highest BCUT2D eigenvalue weighted by molar-refractivity contribution is 6.30. The lowest BCUT2D eigenvalue weighted by molar-refractivity contribution is -0.139. The molecule has 2 aliphatic rings. The Morgan fingerprint density at radius 2 is 1.93 bits per heavy atom. The molecule has 2 aliphatic heterocycles. The van der Waals surface area contributed by atoms with Gasteiger partial charge in [0.1, 0.15) is 23.5 Å². The van der Waals surface area contributed by atoms with Gasteiger partial charge >= 0.3 is 12.1 Å². The van der Waals surface area contributed by atoms with Crippen molar-refractivity contribution in [1.29, 1.82) is 0 Å². The smallest absolute Gasteiger partial charge is 0.421 e. The molecule has 0 spiro atoms. The predicted molar refractivity (Wildman–Crippen MR) is 149 cm³/mol. The van der Waals surface area contributed by atoms with E-state index in [9.17, 15) is 27.5 Å². The average Bonchev–Trinajstić information content (AvgIpc) is 3.28. The number of pyridine rings is 1. The molecule has 0 amide bonds. The minimum absolute atomic E-state index is 0.0511. The Balaban J connectivity index is 1.32. The zero-order valence-corrected chi connectivity index (χ0v) is 23.8. The zero-order chi connectivity index (χ0) is 30.5. The first-order valence-electron chi connectivity index (χ1n) is 13.7. The number of ether oxygens (including phenoxy) is 2. The number of nitrogens with zero attached hydrogens (tertiary/aromatic N) is 4. The molecule has 1 N–H and O–H groups in total. The molecule has 2 aromatic heterocycles. The summed E-state index contributed by atoms with van der Waals surface area (Å²) in [6.45, 7) is 3.32. The molecule has 0 bridgehead atoms. The molecule has 4 heterocycles. The summed E-state index contributed by atoms with van der Waals surface area (Å²) >= 11 is 5.91. The van der Waals surface area contributed by atoms with Crippen molar-refractivity contribution in [2.45, 2.75) is 57.8 Å². The van der Waals surface area contributed by atoms with Gasteiger partial charge in [-0.3, -0.25) is 4.90 Å². The molecule has 13 heteroatoms. The van der Waals surface area contributed by atoms with Crippen LogP contribution in [-0.4, -0.2) is 49.8 Å². The van der Waals surface area contributed by atoms with E-state index in [-0.39, 0.29) is 30.3 Å². The molecule has 0 radical (unpaired) electrons. The minimum atomic E-state index is -4.66. The SMILES string of the molecule is C[C@H]1c2nc(OCc3ccc(Cl)cc3)c(C(F)(F)F)cc2CCN1Cc1nc2c(F)cc(C(=O)O)cc2n1C[C@@H]1CCO1. The number of aromatic carboxylic acids is 1. The molecule has 43 heavy (non-hydrogen) atoms. The van der Waals surface area contributed by atoms with Gasteiger partial charge in [0.25, 0.3) is 0 Å². The van der Waals surface area contributed by atoms with E-state index in [4.69, 9.17) is 21.1 Å². The van der Waals surface area contributed by atoms with Gasteiger partial charge in [0, 0.05) is 18.2 Å². The summed E-state index contributed by atoms with van der Waals surface area (Å²) in [6.07, 6.45) is -3.67. The topological polar surface area (TPSA) is 89.7 Å². The fraction of sp³-hybridized carbons (Fsp3) is 0.367. The van der Waals surface area contributed by atoms with E-state index < -0.39 is 35.4 Å². The third kappa shape index (κ3) is 5.91. The second-order valence-corrected chi connectivity index (χ2v) is 11.2. The number of carboxylic acid groups (broad SMARTS) is 1. The van der Waals surface area contributed by atoms with Crippen LogP contribution in [0.4, 0.5) is 17.6 Å². The molecule has 6 rings (SSSR count). The lowest BCUT2D eigenvalue weighted by Crippen LogP contribution is -2.36. The van der Waals surface area contributed by atoms with Crippen molar-refractivity contribution in [3.05, 3.63) is 87.1 Å². The van der Waals surface area contributed by atoms with Gasteiger partial charge in [-0.05, 0) is 61.2 Å². The molecule has 0 aliphatic carbocycles. The maximum Gasteiger partial charge on any atom is 0.421 e. The molecule has 226 valence electrons. The number of hydrogen-bond donors (Lipinski definition) is 1. The van der Waals surface area contributed by atoms with Gasteiger partial charge in [0.05, 0.1) is 42.0 Å². The molecule has 2 aromatic carbocycles. The first-order chi connectivity index (χ1) is 20.5. The van der Waals surface area contributed by atoms with Gasteiger partial charge in [0.15, 0.2) is 5.82 Å². The van der Waals surface area contributed by atoms with E-state index in [2.05, 4.69) is 9.97 Å². The first-order valence-corrected chi connectivity index (χ1v) is 14.1. The fourth-order valence-corrected chi connectivity index (χ4v) is 5.62. The number of fused-ring (bicyclic) bond motifs is 2. The van der Waals surface area contributed by atoms with Gasteiger partial charge in [-0.1, -0.05) is 23.7 Å². The lowest BCUT2D eigenvalue weighted by atomic mass is 9.97. The highest BCUT2D eigenvalue weighted by Crippen LogP contribution is 2.40. The fourth-order valence-electron chi connectivity index (χ4n) is 5.50. The van der Waals surface area contributed by atoms with Crippen molar-refractivity contribution in [3.8, 4) is 5.88 Å². The quantitative estimate of drug-likeness (QED) is 0.228. The summed E-state index contributed by atoms with van der Waals surface area (Å²) in [6, 6.07) is 9.63. The van der Waals surface area contributed by atoms with E-state index in [0.717, 1.165) is 18.6 Å². The zero-order valence-electron chi connectivity index (χ0n) is 23.0. The minimum Gasteiger partial charge on any atom is -0.478 e. The molecule has 0 saturated carbocycles. The second kappa shape index (κ2) is 11.4. The summed E-state index contributed by atoms with van der Waals surface area (Å²) in [7, 11) is 0. The molecule has 4 aromatic rings. The Morgan fingerprint density at radius 3 is 2.58 bits per heavy atom. The third-order valence-corrected chi connectivity index (χ3v) is 8.22. The highest BCUT2D eigenvalue weighted by atomic mass is 35.5. The van der Waals surface area contributed by atoms with Crippen molar-refractivity contribution >= 4 is 28.6 Å². The average molecular weight is 619 g/mol. The molecule has 2 atom stereocenters. The van der Waals surface area contributed by atoms with Crippen LogP contribution >= 0.6 is 11.6 Å². The Labute approximate surface area is 248 Å². The van der Waals surface area contributed by atoms with Crippen molar-refractivity contribution < 1.29 is 36.9 Å². The maximum atomic E-state index is 15.0. The van der Waals surface area contributed by atoms with E-state index in [1.54, 1.807) is 28.8 Å². The Hall–Kier alpha value is -3.74. The van der Waals surface area contributed by atoms with Crippen LogP contribution in [0.1, 0.15) is 58.0 Å². The van der Waals surface area contributed by atoms with Gasteiger partial charge < -0.3 is 19.1 Å². The molecule has 1 saturated heterocycles. The van der Waals surface area contributed by atoms with Crippen molar-refractivity contribution in [1.82, 2.24) is 19.4 Å². The highest BCUT2D eigenvalue weighted by Gasteiger charge is 2.38. The van der Waals surface area contributed by atoms with Crippen LogP contribution in [0.2, 0.25) is 5.02 Å². The number of carbonyl (C=O) groups is 1. The molecule has 8 nitrogen and oxygen atoms in total. The van der Waals surface area contributed by atoms with Crippen LogP contribution in [0.15, 0.2) is 42.5 Å². The summed E-state index contributed by atoms with van der Waals surface area (Å²) in [5.74, 6) is -2.01. The third-order valence-electron chi connectivity index (χ3n) is 7.96. The number of aromatic nitrogens is 3. The van der Waals surface area contributed by atoms with E-state index in [1.165, 1.54) is 6.07 Å². The first kappa shape index (κ1) is 29.3. The monoisotopic (exact) mass is 618 g/mol. The molecular weight excluding hydrogens is 592 g/mol. The predicted octanol–water partition coefficient (Wildman–Crippen LogP) is 6.43. The summed E-state index contributed by atoms with van der Waals surface area (Å²) < 4.78 is 70.0. The van der Waals surface area contributed by atoms with E-state index >= 15 is 0 Å². The molecular formula is C30H27ClF4N4O4. The number of rotatable bonds is 8. The Morgan fingerprint density at radius 1 is 1.19 bits per heavy atom. The number of carboxylic acids is 1. The summed E-state index contributed by atoms with van der Waals surface area (Å²) in [5.41, 5.74) is 0.836. The van der Waals surface area contributed by atoms with Crippen LogP contribution in [0, 0.1) is 5.82 Å². The van der Waals surface area contributed by atoms with Gasteiger partial charge in [-0.15, -0.1) is 0 Å². The number of halogens is 5. The number of benzene rings is 2. The molecule has 0 unspecified atom stereocenters. The van der Waals surface area contributed by atoms with Gasteiger partial charge in [0.2, 0.25) is 5.88 Å². The summed E-state index contributed by atoms with van der Waals surface area (Å²) in [5, 5.41) is 9.98. The number of hydrogen-bond acceptors (Lipinski definition) is 6. The maximum absolute atomic E-state index is 15.0.